The van der Waals surface area contributed by atoms with Gasteiger partial charge < -0.3 is 20.3 Å². The number of methoxy groups -OCH3 is 1. The van der Waals surface area contributed by atoms with Crippen LogP contribution in [-0.2, 0) is 22.6 Å². The van der Waals surface area contributed by atoms with E-state index in [0.29, 0.717) is 19.6 Å². The normalized spacial score (nSPS) is 15.1. The number of nitrogens with zero attached hydrogens (tertiary/aromatic N) is 2. The maximum Gasteiger partial charge on any atom is 0.223 e. The molecule has 0 saturated heterocycles. The SMILES string of the molecule is CN=C(NCCCC(=O)N1Cc2ccccc2C1)NC(C)COC. The third-order valence-electron chi connectivity index (χ3n) is 4.08. The molecule has 6 heteroatoms. The van der Waals surface area contributed by atoms with Gasteiger partial charge in [-0.25, -0.2) is 0 Å². The molecule has 0 spiro atoms. The van der Waals surface area contributed by atoms with E-state index < -0.39 is 0 Å². The molecule has 2 N–H and O–H groups in total. The number of carbonyl (C=O) groups is 1. The molecule has 1 aliphatic heterocycles. The zero-order chi connectivity index (χ0) is 17.4. The lowest BCUT2D eigenvalue weighted by atomic mass is 10.1. The second kappa shape index (κ2) is 9.27. The van der Waals surface area contributed by atoms with Gasteiger partial charge in [0.2, 0.25) is 5.91 Å². The largest absolute Gasteiger partial charge is 0.383 e. The minimum atomic E-state index is 0.186. The molecule has 2 rings (SSSR count). The van der Waals surface area contributed by atoms with Crippen LogP contribution in [0.15, 0.2) is 29.3 Å². The van der Waals surface area contributed by atoms with Gasteiger partial charge in [-0.2, -0.15) is 0 Å². The summed E-state index contributed by atoms with van der Waals surface area (Å²) in [6.45, 7) is 4.84. The summed E-state index contributed by atoms with van der Waals surface area (Å²) < 4.78 is 5.09. The summed E-state index contributed by atoms with van der Waals surface area (Å²) in [5.41, 5.74) is 2.53. The van der Waals surface area contributed by atoms with Crippen LogP contribution in [0.3, 0.4) is 0 Å². The van der Waals surface area contributed by atoms with Crippen molar-refractivity contribution in [1.29, 1.82) is 0 Å². The minimum absolute atomic E-state index is 0.186. The van der Waals surface area contributed by atoms with Crippen LogP contribution in [0.1, 0.15) is 30.9 Å². The number of rotatable bonds is 7. The summed E-state index contributed by atoms with van der Waals surface area (Å²) >= 11 is 0. The monoisotopic (exact) mass is 332 g/mol. The van der Waals surface area contributed by atoms with Crippen LogP contribution in [0.4, 0.5) is 0 Å². The van der Waals surface area contributed by atoms with E-state index in [2.05, 4.69) is 27.8 Å². The van der Waals surface area contributed by atoms with E-state index >= 15 is 0 Å². The highest BCUT2D eigenvalue weighted by Crippen LogP contribution is 2.22. The molecule has 0 aliphatic carbocycles. The Morgan fingerprint density at radius 2 is 2.00 bits per heavy atom. The Morgan fingerprint density at radius 3 is 2.58 bits per heavy atom. The number of ether oxygens (including phenoxy) is 1. The topological polar surface area (TPSA) is 66.0 Å². The number of guanidine groups is 1. The predicted octanol–water partition coefficient (Wildman–Crippen LogP) is 1.51. The molecule has 1 amide bonds. The van der Waals surface area contributed by atoms with Crippen LogP contribution in [-0.4, -0.2) is 50.1 Å². The number of amides is 1. The summed E-state index contributed by atoms with van der Waals surface area (Å²) in [6, 6.07) is 8.44. The first kappa shape index (κ1) is 18.3. The molecular weight excluding hydrogens is 304 g/mol. The molecule has 1 aromatic carbocycles. The van der Waals surface area contributed by atoms with E-state index in [9.17, 15) is 4.79 Å². The van der Waals surface area contributed by atoms with E-state index in [0.717, 1.165) is 25.5 Å². The second-order valence-electron chi connectivity index (χ2n) is 6.12. The summed E-state index contributed by atoms with van der Waals surface area (Å²) in [5.74, 6) is 0.948. The standard InChI is InChI=1S/C18H28N4O2/c1-14(13-24-3)21-18(19-2)20-10-6-9-17(23)22-11-15-7-4-5-8-16(15)12-22/h4-5,7-8,14H,6,9-13H2,1-3H3,(H2,19,20,21). The minimum Gasteiger partial charge on any atom is -0.383 e. The maximum atomic E-state index is 12.3. The van der Waals surface area contributed by atoms with Crippen LogP contribution in [0.2, 0.25) is 0 Å². The molecule has 1 aromatic rings. The van der Waals surface area contributed by atoms with E-state index in [1.165, 1.54) is 11.1 Å². The van der Waals surface area contributed by atoms with E-state index in [1.54, 1.807) is 14.2 Å². The molecule has 0 bridgehead atoms. The third kappa shape index (κ3) is 5.23. The number of hydrogen-bond acceptors (Lipinski definition) is 3. The van der Waals surface area contributed by atoms with Crippen LogP contribution in [0.5, 0.6) is 0 Å². The van der Waals surface area contributed by atoms with Gasteiger partial charge in [-0.05, 0) is 24.5 Å². The number of aliphatic imine (C=N–C) groups is 1. The summed E-state index contributed by atoms with van der Waals surface area (Å²) in [6.07, 6.45) is 1.33. The molecule has 1 heterocycles. The van der Waals surface area contributed by atoms with Crippen LogP contribution >= 0.6 is 0 Å². The Bertz CT molecular complexity index is 549. The first-order valence-corrected chi connectivity index (χ1v) is 8.44. The average molecular weight is 332 g/mol. The van der Waals surface area contributed by atoms with E-state index in [1.807, 2.05) is 24.0 Å². The number of fused-ring (bicyclic) bond motifs is 1. The van der Waals surface area contributed by atoms with Crippen LogP contribution in [0.25, 0.3) is 0 Å². The zero-order valence-corrected chi connectivity index (χ0v) is 14.8. The molecule has 1 aliphatic rings. The maximum absolute atomic E-state index is 12.3. The van der Waals surface area contributed by atoms with Crippen molar-refractivity contribution in [2.45, 2.75) is 38.9 Å². The van der Waals surface area contributed by atoms with Gasteiger partial charge in [0, 0.05) is 46.3 Å². The molecule has 24 heavy (non-hydrogen) atoms. The number of carbonyl (C=O) groups excluding carboxylic acids is 1. The fraction of sp³-hybridized carbons (Fsp3) is 0.556. The molecule has 0 fully saturated rings. The number of hydrogen-bond donors (Lipinski definition) is 2. The van der Waals surface area contributed by atoms with E-state index in [-0.39, 0.29) is 11.9 Å². The lowest BCUT2D eigenvalue weighted by Crippen LogP contribution is -2.44. The first-order valence-electron chi connectivity index (χ1n) is 8.44. The van der Waals surface area contributed by atoms with Crippen molar-refractivity contribution in [2.24, 2.45) is 4.99 Å². The van der Waals surface area contributed by atoms with Crippen molar-refractivity contribution in [1.82, 2.24) is 15.5 Å². The highest BCUT2D eigenvalue weighted by Gasteiger charge is 2.22. The summed E-state index contributed by atoms with van der Waals surface area (Å²) in [5, 5.41) is 6.48. The lowest BCUT2D eigenvalue weighted by Gasteiger charge is -2.18. The number of nitrogens with one attached hydrogen (secondary N) is 2. The van der Waals surface area contributed by atoms with Gasteiger partial charge in [0.1, 0.15) is 0 Å². The zero-order valence-electron chi connectivity index (χ0n) is 14.8. The Labute approximate surface area is 144 Å². The van der Waals surface area contributed by atoms with Gasteiger partial charge in [0.05, 0.1) is 6.61 Å². The summed E-state index contributed by atoms with van der Waals surface area (Å²) in [4.78, 5) is 18.4. The number of benzene rings is 1. The van der Waals surface area contributed by atoms with Gasteiger partial charge in [-0.15, -0.1) is 0 Å². The fourth-order valence-corrected chi connectivity index (χ4v) is 2.83. The van der Waals surface area contributed by atoms with Gasteiger partial charge in [0.25, 0.3) is 0 Å². The highest BCUT2D eigenvalue weighted by molar-refractivity contribution is 5.80. The Morgan fingerprint density at radius 1 is 1.33 bits per heavy atom. The van der Waals surface area contributed by atoms with Crippen molar-refractivity contribution < 1.29 is 9.53 Å². The Kier molecular flexibility index (Phi) is 7.06. The van der Waals surface area contributed by atoms with Gasteiger partial charge in [-0.3, -0.25) is 9.79 Å². The van der Waals surface area contributed by atoms with Crippen molar-refractivity contribution in [2.75, 3.05) is 27.3 Å². The van der Waals surface area contributed by atoms with Crippen molar-refractivity contribution in [3.05, 3.63) is 35.4 Å². The third-order valence-corrected chi connectivity index (χ3v) is 4.08. The first-order chi connectivity index (χ1) is 11.6. The molecule has 1 unspecified atom stereocenters. The highest BCUT2D eigenvalue weighted by atomic mass is 16.5. The molecular formula is C18H28N4O2. The van der Waals surface area contributed by atoms with Crippen LogP contribution in [0, 0.1) is 0 Å². The quantitative estimate of drug-likeness (QED) is 0.451. The van der Waals surface area contributed by atoms with E-state index in [4.69, 9.17) is 4.74 Å². The molecule has 132 valence electrons. The molecule has 6 nitrogen and oxygen atoms in total. The Hall–Kier alpha value is -2.08. The lowest BCUT2D eigenvalue weighted by molar-refractivity contribution is -0.131. The second-order valence-corrected chi connectivity index (χ2v) is 6.12. The molecule has 1 atom stereocenters. The van der Waals surface area contributed by atoms with Crippen molar-refractivity contribution >= 4 is 11.9 Å². The van der Waals surface area contributed by atoms with Crippen LogP contribution < -0.4 is 10.6 Å². The van der Waals surface area contributed by atoms with Gasteiger partial charge in [0.15, 0.2) is 5.96 Å². The van der Waals surface area contributed by atoms with Crippen molar-refractivity contribution in [3.8, 4) is 0 Å². The summed E-state index contributed by atoms with van der Waals surface area (Å²) in [7, 11) is 3.41. The van der Waals surface area contributed by atoms with Gasteiger partial charge in [-0.1, -0.05) is 24.3 Å². The fourth-order valence-electron chi connectivity index (χ4n) is 2.83. The molecule has 0 aromatic heterocycles. The molecule has 0 radical (unpaired) electrons. The predicted molar refractivity (Wildman–Crippen MR) is 95.8 cm³/mol. The smallest absolute Gasteiger partial charge is 0.223 e. The molecule has 0 saturated carbocycles. The average Bonchev–Trinajstić information content (AvgIpc) is 3.01. The van der Waals surface area contributed by atoms with Crippen molar-refractivity contribution in [3.63, 3.8) is 0 Å². The Balaban J connectivity index is 1.66. The van der Waals surface area contributed by atoms with Gasteiger partial charge >= 0.3 is 0 Å².